The van der Waals surface area contributed by atoms with Crippen molar-refractivity contribution >= 4 is 11.0 Å². The molecule has 1 atom stereocenters. The number of hydrogen-bond acceptors (Lipinski definition) is 4. The molecule has 4 nitrogen and oxygen atoms in total. The Hall–Kier alpha value is -2.27. The minimum atomic E-state index is -0.265. The fourth-order valence-electron chi connectivity index (χ4n) is 2.32. The van der Waals surface area contributed by atoms with Crippen molar-refractivity contribution in [1.29, 1.82) is 0 Å². The lowest BCUT2D eigenvalue weighted by Crippen LogP contribution is -2.22. The highest BCUT2D eigenvalue weighted by molar-refractivity contribution is 5.78. The third kappa shape index (κ3) is 2.92. The molecule has 0 bridgehead atoms. The van der Waals surface area contributed by atoms with Crippen LogP contribution in [0.2, 0.25) is 0 Å². The predicted octanol–water partition coefficient (Wildman–Crippen LogP) is 3.45. The van der Waals surface area contributed by atoms with Gasteiger partial charge in [0.25, 0.3) is 0 Å². The van der Waals surface area contributed by atoms with Gasteiger partial charge in [0.2, 0.25) is 0 Å². The van der Waals surface area contributed by atoms with Crippen molar-refractivity contribution in [3.63, 3.8) is 0 Å². The third-order valence-corrected chi connectivity index (χ3v) is 3.32. The van der Waals surface area contributed by atoms with Gasteiger partial charge in [-0.1, -0.05) is 6.92 Å². The zero-order valence-corrected chi connectivity index (χ0v) is 11.7. The molecule has 0 fully saturated rings. The lowest BCUT2D eigenvalue weighted by atomic mass is 10.1. The number of aromatic nitrogens is 2. The minimum Gasteiger partial charge on any atom is -0.459 e. The van der Waals surface area contributed by atoms with Crippen LogP contribution < -0.4 is 5.32 Å². The summed E-state index contributed by atoms with van der Waals surface area (Å²) in [5, 5.41) is 11.9. The molecule has 0 amide bonds. The lowest BCUT2D eigenvalue weighted by Gasteiger charge is -2.15. The average molecular weight is 285 g/mol. The number of furan rings is 1. The van der Waals surface area contributed by atoms with Gasteiger partial charge < -0.3 is 9.73 Å². The minimum absolute atomic E-state index is 0.115. The molecule has 2 aromatic heterocycles. The van der Waals surface area contributed by atoms with Crippen LogP contribution in [-0.2, 0) is 0 Å². The largest absolute Gasteiger partial charge is 0.459 e. The number of benzene rings is 1. The van der Waals surface area contributed by atoms with E-state index in [1.165, 1.54) is 12.1 Å². The summed E-state index contributed by atoms with van der Waals surface area (Å²) >= 11 is 0. The zero-order valence-electron chi connectivity index (χ0n) is 11.7. The summed E-state index contributed by atoms with van der Waals surface area (Å²) in [7, 11) is 0. The van der Waals surface area contributed by atoms with Crippen LogP contribution in [-0.4, -0.2) is 16.7 Å². The van der Waals surface area contributed by atoms with Gasteiger partial charge in [-0.25, -0.2) is 4.39 Å². The van der Waals surface area contributed by atoms with Gasteiger partial charge in [-0.05, 0) is 48.9 Å². The van der Waals surface area contributed by atoms with Gasteiger partial charge in [0.1, 0.15) is 17.2 Å². The van der Waals surface area contributed by atoms with Crippen molar-refractivity contribution in [3.05, 3.63) is 59.9 Å². The quantitative estimate of drug-likeness (QED) is 0.780. The van der Waals surface area contributed by atoms with Crippen LogP contribution in [0, 0.1) is 5.82 Å². The normalized spacial score (nSPS) is 12.7. The van der Waals surface area contributed by atoms with Crippen LogP contribution in [0.5, 0.6) is 0 Å². The molecule has 3 aromatic rings. The fourth-order valence-corrected chi connectivity index (χ4v) is 2.32. The van der Waals surface area contributed by atoms with Gasteiger partial charge in [0.05, 0.1) is 12.2 Å². The SMILES string of the molecule is CCCNC(c1ccnnc1)c1cc2cc(F)ccc2o1. The van der Waals surface area contributed by atoms with E-state index in [0.29, 0.717) is 5.58 Å². The number of hydrogen-bond donors (Lipinski definition) is 1. The second-order valence-electron chi connectivity index (χ2n) is 4.89. The topological polar surface area (TPSA) is 51.0 Å². The maximum Gasteiger partial charge on any atom is 0.134 e. The summed E-state index contributed by atoms with van der Waals surface area (Å²) in [5.41, 5.74) is 1.65. The molecule has 0 saturated heterocycles. The lowest BCUT2D eigenvalue weighted by molar-refractivity contribution is 0.468. The number of halogens is 1. The highest BCUT2D eigenvalue weighted by Gasteiger charge is 2.18. The molecule has 2 heterocycles. The number of fused-ring (bicyclic) bond motifs is 1. The van der Waals surface area contributed by atoms with Crippen molar-refractivity contribution in [1.82, 2.24) is 15.5 Å². The van der Waals surface area contributed by atoms with Gasteiger partial charge in [-0.15, -0.1) is 0 Å². The molecule has 0 aliphatic rings. The Balaban J connectivity index is 2.01. The summed E-state index contributed by atoms with van der Waals surface area (Å²) in [4.78, 5) is 0. The number of nitrogens with zero attached hydrogens (tertiary/aromatic N) is 2. The Labute approximate surface area is 122 Å². The summed E-state index contributed by atoms with van der Waals surface area (Å²) in [5.74, 6) is 0.482. The summed E-state index contributed by atoms with van der Waals surface area (Å²) in [6.07, 6.45) is 4.36. The van der Waals surface area contributed by atoms with Crippen LogP contribution in [0.25, 0.3) is 11.0 Å². The van der Waals surface area contributed by atoms with Crippen molar-refractivity contribution in [2.75, 3.05) is 6.54 Å². The molecule has 5 heteroatoms. The molecule has 0 aliphatic heterocycles. The van der Waals surface area contributed by atoms with Gasteiger partial charge in [-0.3, -0.25) is 0 Å². The van der Waals surface area contributed by atoms with Crippen molar-refractivity contribution in [3.8, 4) is 0 Å². The molecule has 1 unspecified atom stereocenters. The molecule has 0 aliphatic carbocycles. The summed E-state index contributed by atoms with van der Waals surface area (Å²) < 4.78 is 19.2. The molecular formula is C16H16FN3O. The molecule has 3 rings (SSSR count). The van der Waals surface area contributed by atoms with Crippen LogP contribution in [0.3, 0.4) is 0 Å². The van der Waals surface area contributed by atoms with Crippen molar-refractivity contribution < 1.29 is 8.81 Å². The van der Waals surface area contributed by atoms with E-state index in [4.69, 9.17) is 4.42 Å². The summed E-state index contributed by atoms with van der Waals surface area (Å²) in [6.45, 7) is 2.95. The van der Waals surface area contributed by atoms with E-state index in [9.17, 15) is 4.39 Å². The van der Waals surface area contributed by atoms with Gasteiger partial charge in [-0.2, -0.15) is 10.2 Å². The second-order valence-corrected chi connectivity index (χ2v) is 4.89. The molecule has 1 N–H and O–H groups in total. The molecular weight excluding hydrogens is 269 g/mol. The Morgan fingerprint density at radius 3 is 2.90 bits per heavy atom. The first-order chi connectivity index (χ1) is 10.3. The van der Waals surface area contributed by atoms with Crippen LogP contribution in [0.4, 0.5) is 4.39 Å². The standard InChI is InChI=1S/C16H16FN3O/c1-2-6-18-16(11-5-7-19-20-10-11)15-9-12-8-13(17)3-4-14(12)21-15/h3-5,7-10,16,18H,2,6H2,1H3. The fraction of sp³-hybridized carbons (Fsp3) is 0.250. The van der Waals surface area contributed by atoms with Gasteiger partial charge in [0, 0.05) is 11.6 Å². The highest BCUT2D eigenvalue weighted by atomic mass is 19.1. The van der Waals surface area contributed by atoms with Gasteiger partial charge in [0.15, 0.2) is 0 Å². The first-order valence-electron chi connectivity index (χ1n) is 6.97. The van der Waals surface area contributed by atoms with E-state index in [-0.39, 0.29) is 11.9 Å². The molecule has 0 radical (unpaired) electrons. The molecule has 0 spiro atoms. The van der Waals surface area contributed by atoms with Crippen LogP contribution in [0.1, 0.15) is 30.7 Å². The average Bonchev–Trinajstić information content (AvgIpc) is 2.91. The maximum absolute atomic E-state index is 13.3. The van der Waals surface area contributed by atoms with E-state index in [1.807, 2.05) is 12.1 Å². The second kappa shape index (κ2) is 6.01. The van der Waals surface area contributed by atoms with Gasteiger partial charge >= 0.3 is 0 Å². The monoisotopic (exact) mass is 285 g/mol. The van der Waals surface area contributed by atoms with E-state index in [2.05, 4.69) is 22.4 Å². The summed E-state index contributed by atoms with van der Waals surface area (Å²) in [6, 6.07) is 8.17. The van der Waals surface area contributed by atoms with E-state index in [0.717, 1.165) is 29.7 Å². The number of rotatable bonds is 5. The van der Waals surface area contributed by atoms with E-state index in [1.54, 1.807) is 18.5 Å². The van der Waals surface area contributed by atoms with E-state index < -0.39 is 0 Å². The Kier molecular flexibility index (Phi) is 3.92. The maximum atomic E-state index is 13.3. The van der Waals surface area contributed by atoms with Crippen molar-refractivity contribution in [2.45, 2.75) is 19.4 Å². The predicted molar refractivity (Wildman–Crippen MR) is 78.3 cm³/mol. The number of nitrogens with one attached hydrogen (secondary N) is 1. The Morgan fingerprint density at radius 2 is 2.14 bits per heavy atom. The molecule has 0 saturated carbocycles. The third-order valence-electron chi connectivity index (χ3n) is 3.32. The molecule has 108 valence electrons. The highest BCUT2D eigenvalue weighted by Crippen LogP contribution is 2.28. The molecule has 21 heavy (non-hydrogen) atoms. The zero-order chi connectivity index (χ0) is 14.7. The smallest absolute Gasteiger partial charge is 0.134 e. The van der Waals surface area contributed by atoms with Crippen molar-refractivity contribution in [2.24, 2.45) is 0 Å². The first kappa shape index (κ1) is 13.7. The van der Waals surface area contributed by atoms with E-state index >= 15 is 0 Å². The first-order valence-corrected chi connectivity index (χ1v) is 6.97. The van der Waals surface area contributed by atoms with Crippen LogP contribution >= 0.6 is 0 Å². The van der Waals surface area contributed by atoms with Crippen LogP contribution in [0.15, 0.2) is 47.1 Å². The molecule has 1 aromatic carbocycles. The Bertz CT molecular complexity index is 727. The Morgan fingerprint density at radius 1 is 1.24 bits per heavy atom.